The molecular weight excluding hydrogens is 676 g/mol. The van der Waals surface area contributed by atoms with Crippen LogP contribution in [0.15, 0.2) is 0 Å². The standard InChI is InChI=1S/C35H62O16/c1-11-18(7)24(39)31(42)49-28(19(8)12-2)34(45)51-30(21(10)14-4)35(46)50-29(20(9)13-3)33(44)48-27(17(5)6)32(43)47-16-23(38)26(41)25(40)22(37)15-36/h17-30,36-41H,11-16H2,1-10H3/t18-,19-,20+,21+,22+,23-,24-,25+,26-,27-,28-,29-,30-/m0/s1. The zero-order valence-electron chi connectivity index (χ0n) is 31.6. The zero-order valence-corrected chi connectivity index (χ0v) is 31.6. The summed E-state index contributed by atoms with van der Waals surface area (Å²) in [6, 6.07) is 0. The van der Waals surface area contributed by atoms with Gasteiger partial charge in [0, 0.05) is 23.7 Å². The molecule has 51 heavy (non-hydrogen) atoms. The second-order valence-corrected chi connectivity index (χ2v) is 13.6. The number of carbonyl (C=O) groups is 5. The highest BCUT2D eigenvalue weighted by molar-refractivity contribution is 5.87. The van der Waals surface area contributed by atoms with E-state index in [0.717, 1.165) is 0 Å². The molecule has 16 nitrogen and oxygen atoms in total. The van der Waals surface area contributed by atoms with Gasteiger partial charge in [-0.2, -0.15) is 0 Å². The van der Waals surface area contributed by atoms with Crippen LogP contribution >= 0.6 is 0 Å². The summed E-state index contributed by atoms with van der Waals surface area (Å²) in [7, 11) is 0. The molecule has 13 atom stereocenters. The Bertz CT molecular complexity index is 1080. The van der Waals surface area contributed by atoms with Crippen molar-refractivity contribution in [3.8, 4) is 0 Å². The molecule has 0 spiro atoms. The van der Waals surface area contributed by atoms with E-state index in [4.69, 9.17) is 28.8 Å². The summed E-state index contributed by atoms with van der Waals surface area (Å²) in [5.41, 5.74) is 0. The van der Waals surface area contributed by atoms with Crippen LogP contribution in [0.3, 0.4) is 0 Å². The number of carbonyl (C=O) groups excluding carboxylic acids is 5. The fourth-order valence-electron chi connectivity index (χ4n) is 4.43. The van der Waals surface area contributed by atoms with Crippen molar-refractivity contribution in [1.29, 1.82) is 0 Å². The Morgan fingerprint density at radius 1 is 0.471 bits per heavy atom. The van der Waals surface area contributed by atoms with Gasteiger partial charge in [-0.05, 0) is 25.2 Å². The van der Waals surface area contributed by atoms with E-state index in [1.54, 1.807) is 55.4 Å². The van der Waals surface area contributed by atoms with Crippen LogP contribution in [-0.2, 0) is 47.7 Å². The maximum atomic E-state index is 13.6. The maximum absolute atomic E-state index is 13.6. The minimum Gasteiger partial charge on any atom is -0.460 e. The largest absolute Gasteiger partial charge is 0.460 e. The highest BCUT2D eigenvalue weighted by Gasteiger charge is 2.42. The van der Waals surface area contributed by atoms with Crippen LogP contribution in [0.25, 0.3) is 0 Å². The molecule has 0 amide bonds. The maximum Gasteiger partial charge on any atom is 0.348 e. The first kappa shape index (κ1) is 48.1. The minimum atomic E-state index is -1.99. The molecule has 0 aliphatic heterocycles. The third-order valence-corrected chi connectivity index (χ3v) is 9.14. The average Bonchev–Trinajstić information content (AvgIpc) is 3.12. The van der Waals surface area contributed by atoms with Crippen LogP contribution in [0.5, 0.6) is 0 Å². The van der Waals surface area contributed by atoms with Gasteiger partial charge in [0.05, 0.1) is 6.61 Å². The molecule has 0 aromatic heterocycles. The van der Waals surface area contributed by atoms with Crippen molar-refractivity contribution in [2.24, 2.45) is 29.6 Å². The smallest absolute Gasteiger partial charge is 0.348 e. The van der Waals surface area contributed by atoms with Gasteiger partial charge in [-0.1, -0.05) is 75.7 Å². The monoisotopic (exact) mass is 738 g/mol. The predicted molar refractivity (Wildman–Crippen MR) is 180 cm³/mol. The van der Waals surface area contributed by atoms with Gasteiger partial charge in [-0.3, -0.25) is 0 Å². The molecule has 0 saturated carbocycles. The van der Waals surface area contributed by atoms with Gasteiger partial charge in [-0.25, -0.2) is 24.0 Å². The third-order valence-electron chi connectivity index (χ3n) is 9.14. The summed E-state index contributed by atoms with van der Waals surface area (Å²) in [5, 5.41) is 58.7. The average molecular weight is 739 g/mol. The van der Waals surface area contributed by atoms with Gasteiger partial charge in [0.15, 0.2) is 6.10 Å². The van der Waals surface area contributed by atoms with Crippen LogP contribution in [-0.4, -0.2) is 129 Å². The van der Waals surface area contributed by atoms with Crippen LogP contribution in [0.4, 0.5) is 0 Å². The van der Waals surface area contributed by atoms with Crippen molar-refractivity contribution >= 4 is 29.8 Å². The highest BCUT2D eigenvalue weighted by atomic mass is 16.6. The molecule has 298 valence electrons. The van der Waals surface area contributed by atoms with Gasteiger partial charge >= 0.3 is 29.8 Å². The molecule has 0 radical (unpaired) electrons. The van der Waals surface area contributed by atoms with Crippen molar-refractivity contribution in [2.45, 2.75) is 150 Å². The zero-order chi connectivity index (χ0) is 39.7. The van der Waals surface area contributed by atoms with Gasteiger partial charge in [0.25, 0.3) is 0 Å². The van der Waals surface area contributed by atoms with Crippen molar-refractivity contribution in [3.05, 3.63) is 0 Å². The molecular formula is C35H62O16. The number of aliphatic hydroxyl groups excluding tert-OH is 6. The number of rotatable bonds is 24. The second kappa shape index (κ2) is 23.6. The molecule has 0 fully saturated rings. The molecule has 0 bridgehead atoms. The van der Waals surface area contributed by atoms with Gasteiger partial charge in [0.2, 0.25) is 24.4 Å². The summed E-state index contributed by atoms with van der Waals surface area (Å²) in [5.74, 6) is -8.31. The fraction of sp³-hybridized carbons (Fsp3) is 0.857. The lowest BCUT2D eigenvalue weighted by Gasteiger charge is -2.30. The first-order valence-electron chi connectivity index (χ1n) is 17.7. The molecule has 0 saturated heterocycles. The number of aliphatic hydroxyl groups is 6. The lowest BCUT2D eigenvalue weighted by Crippen LogP contribution is -2.48. The molecule has 0 aromatic rings. The molecule has 0 aromatic carbocycles. The normalized spacial score (nSPS) is 19.4. The Morgan fingerprint density at radius 2 is 0.804 bits per heavy atom. The SMILES string of the molecule is CC[C@@H](C)[C@H](OC(=O)[C@@H](OC(=O)[C@@H](OC(=O)[C@@H](O)[C@@H](C)CC)[C@@H](C)CC)[C@H](C)CC)C(=O)O[C@H](C(=O)OC[C@H](O)[C@H](O)[C@H](O)[C@H](O)CO)C(C)C. The van der Waals surface area contributed by atoms with Crippen molar-refractivity contribution in [2.75, 3.05) is 13.2 Å². The van der Waals surface area contributed by atoms with E-state index in [0.29, 0.717) is 25.7 Å². The summed E-state index contributed by atoms with van der Waals surface area (Å²) < 4.78 is 27.0. The second-order valence-electron chi connectivity index (χ2n) is 13.6. The first-order chi connectivity index (χ1) is 23.7. The summed E-state index contributed by atoms with van der Waals surface area (Å²) in [6.45, 7) is 14.8. The summed E-state index contributed by atoms with van der Waals surface area (Å²) in [6.07, 6.45) is -13.7. The number of ether oxygens (including phenoxy) is 5. The van der Waals surface area contributed by atoms with Crippen LogP contribution in [0.2, 0.25) is 0 Å². The Balaban J connectivity index is 6.05. The quantitative estimate of drug-likeness (QED) is 0.0592. The topological polar surface area (TPSA) is 253 Å². The van der Waals surface area contributed by atoms with E-state index >= 15 is 0 Å². The molecule has 0 aliphatic rings. The van der Waals surface area contributed by atoms with Gasteiger partial charge in [-0.15, -0.1) is 0 Å². The van der Waals surface area contributed by atoms with Crippen molar-refractivity contribution in [3.63, 3.8) is 0 Å². The van der Waals surface area contributed by atoms with Crippen molar-refractivity contribution < 1.29 is 78.3 Å². The van der Waals surface area contributed by atoms with Gasteiger partial charge < -0.3 is 54.3 Å². The van der Waals surface area contributed by atoms with Crippen LogP contribution in [0.1, 0.15) is 94.9 Å². The minimum absolute atomic E-state index is 0.314. The van der Waals surface area contributed by atoms with Crippen molar-refractivity contribution in [1.82, 2.24) is 0 Å². The third kappa shape index (κ3) is 14.9. The Kier molecular flexibility index (Phi) is 22.3. The lowest BCUT2D eigenvalue weighted by atomic mass is 9.98. The Hall–Kier alpha value is -2.89. The van der Waals surface area contributed by atoms with E-state index in [1.165, 1.54) is 13.8 Å². The van der Waals surface area contributed by atoms with E-state index in [2.05, 4.69) is 0 Å². The Labute approximate surface area is 300 Å². The van der Waals surface area contributed by atoms with E-state index in [1.807, 2.05) is 0 Å². The summed E-state index contributed by atoms with van der Waals surface area (Å²) >= 11 is 0. The predicted octanol–water partition coefficient (Wildman–Crippen LogP) is 0.814. The number of hydrogen-bond acceptors (Lipinski definition) is 16. The molecule has 6 N–H and O–H groups in total. The van der Waals surface area contributed by atoms with E-state index in [9.17, 15) is 49.5 Å². The van der Waals surface area contributed by atoms with Crippen LogP contribution < -0.4 is 0 Å². The molecule has 16 heteroatoms. The lowest BCUT2D eigenvalue weighted by molar-refractivity contribution is -0.196. The van der Waals surface area contributed by atoms with Gasteiger partial charge in [0.1, 0.15) is 31.0 Å². The molecule has 0 heterocycles. The van der Waals surface area contributed by atoms with E-state index < -0.39 is 128 Å². The molecule has 0 aliphatic carbocycles. The molecule has 0 unspecified atom stereocenters. The highest BCUT2D eigenvalue weighted by Crippen LogP contribution is 2.24. The van der Waals surface area contributed by atoms with E-state index in [-0.39, 0.29) is 0 Å². The number of hydrogen-bond donors (Lipinski definition) is 6. The first-order valence-corrected chi connectivity index (χ1v) is 17.7. The fourth-order valence-corrected chi connectivity index (χ4v) is 4.43. The number of esters is 5. The Morgan fingerprint density at radius 3 is 1.14 bits per heavy atom. The summed E-state index contributed by atoms with van der Waals surface area (Å²) in [4.78, 5) is 66.0. The molecule has 0 rings (SSSR count). The van der Waals surface area contributed by atoms with Crippen LogP contribution in [0, 0.1) is 29.6 Å².